The maximum atomic E-state index is 11.0. The van der Waals surface area contributed by atoms with Gasteiger partial charge in [-0.05, 0) is 29.8 Å². The second kappa shape index (κ2) is 6.85. The number of ether oxygens (including phenoxy) is 1. The van der Waals surface area contributed by atoms with Crippen molar-refractivity contribution in [3.63, 3.8) is 0 Å². The zero-order chi connectivity index (χ0) is 14.5. The lowest BCUT2D eigenvalue weighted by molar-refractivity contribution is -0.385. The minimum atomic E-state index is -0.405. The highest BCUT2D eigenvalue weighted by Crippen LogP contribution is 2.25. The fourth-order valence-electron chi connectivity index (χ4n) is 1.66. The fraction of sp³-hybridized carbons (Fsp3) is 0.143. The molecule has 0 spiro atoms. The second-order valence-electron chi connectivity index (χ2n) is 4.10. The summed E-state index contributed by atoms with van der Waals surface area (Å²) in [6, 6.07) is 12.5. The van der Waals surface area contributed by atoms with Crippen molar-refractivity contribution >= 4 is 37.5 Å². The summed E-state index contributed by atoms with van der Waals surface area (Å²) in [5, 5.41) is 11.8. The highest BCUT2D eigenvalue weighted by molar-refractivity contribution is 9.10. The molecule has 0 aliphatic rings. The van der Waals surface area contributed by atoms with Crippen LogP contribution in [0, 0.1) is 10.1 Å². The maximum absolute atomic E-state index is 11.0. The summed E-state index contributed by atoms with van der Waals surface area (Å²) < 4.78 is 6.26. The molecule has 104 valence electrons. The van der Waals surface area contributed by atoms with Gasteiger partial charge in [-0.3, -0.25) is 10.1 Å². The van der Waals surface area contributed by atoms with Crippen LogP contribution in [0.4, 0.5) is 5.69 Å². The molecule has 0 radical (unpaired) electrons. The fourth-order valence-corrected chi connectivity index (χ4v) is 2.39. The zero-order valence-electron chi connectivity index (χ0n) is 10.4. The van der Waals surface area contributed by atoms with Crippen LogP contribution in [0.5, 0.6) is 5.75 Å². The molecule has 0 unspecified atom stereocenters. The first-order valence-electron chi connectivity index (χ1n) is 5.80. The second-order valence-corrected chi connectivity index (χ2v) is 5.57. The molecule has 0 aliphatic heterocycles. The predicted octanol–water partition coefficient (Wildman–Crippen LogP) is 4.83. The molecule has 0 saturated heterocycles. The smallest absolute Gasteiger partial charge is 0.277 e. The molecule has 0 amide bonds. The number of nitrogens with zero attached hydrogens (tertiary/aromatic N) is 1. The molecule has 2 rings (SSSR count). The molecule has 6 heteroatoms. The van der Waals surface area contributed by atoms with E-state index in [4.69, 9.17) is 4.74 Å². The van der Waals surface area contributed by atoms with Crippen molar-refractivity contribution in [1.29, 1.82) is 0 Å². The van der Waals surface area contributed by atoms with E-state index in [2.05, 4.69) is 31.9 Å². The van der Waals surface area contributed by atoms with Crippen LogP contribution in [0.15, 0.2) is 46.9 Å². The Kier molecular flexibility index (Phi) is 5.14. The van der Waals surface area contributed by atoms with E-state index in [0.29, 0.717) is 15.8 Å². The van der Waals surface area contributed by atoms with Crippen LogP contribution in [0.25, 0.3) is 0 Å². The topological polar surface area (TPSA) is 52.4 Å². The molecule has 0 fully saturated rings. The first-order valence-corrected chi connectivity index (χ1v) is 7.72. The standard InChI is InChI=1S/C14H11Br2NO3/c15-8-10-1-5-13(6-2-10)20-9-11-3-4-12(16)7-14(11)17(18)19/h1-7H,8-9H2. The number of hydrogen-bond acceptors (Lipinski definition) is 3. The minimum absolute atomic E-state index is 0.0523. The van der Waals surface area contributed by atoms with Gasteiger partial charge in [-0.1, -0.05) is 44.0 Å². The summed E-state index contributed by atoms with van der Waals surface area (Å²) in [7, 11) is 0. The lowest BCUT2D eigenvalue weighted by Gasteiger charge is -2.07. The molecule has 0 atom stereocenters. The SMILES string of the molecule is O=[N+]([O-])c1cc(Br)ccc1COc1ccc(CBr)cc1. The molecular formula is C14H11Br2NO3. The molecule has 2 aromatic carbocycles. The van der Waals surface area contributed by atoms with E-state index in [0.717, 1.165) is 10.9 Å². The zero-order valence-corrected chi connectivity index (χ0v) is 13.6. The van der Waals surface area contributed by atoms with Crippen LogP contribution in [-0.4, -0.2) is 4.92 Å². The molecular weight excluding hydrogens is 390 g/mol. The lowest BCUT2D eigenvalue weighted by atomic mass is 10.2. The van der Waals surface area contributed by atoms with E-state index >= 15 is 0 Å². The summed E-state index contributed by atoms with van der Waals surface area (Å²) in [4.78, 5) is 10.6. The van der Waals surface area contributed by atoms with E-state index in [9.17, 15) is 10.1 Å². The van der Waals surface area contributed by atoms with Gasteiger partial charge in [0.2, 0.25) is 0 Å². The average molecular weight is 401 g/mol. The third kappa shape index (κ3) is 3.80. The van der Waals surface area contributed by atoms with Crippen LogP contribution in [0.3, 0.4) is 0 Å². The molecule has 2 aromatic rings. The summed E-state index contributed by atoms with van der Waals surface area (Å²) in [5.74, 6) is 0.687. The number of alkyl halides is 1. The van der Waals surface area contributed by atoms with Crippen molar-refractivity contribution in [2.24, 2.45) is 0 Å². The number of benzene rings is 2. The molecule has 0 N–H and O–H groups in total. The Bertz CT molecular complexity index is 614. The number of nitro groups is 1. The van der Waals surface area contributed by atoms with E-state index in [-0.39, 0.29) is 12.3 Å². The summed E-state index contributed by atoms with van der Waals surface area (Å²) >= 11 is 6.60. The Hall–Kier alpha value is -1.40. The first-order chi connectivity index (χ1) is 9.60. The van der Waals surface area contributed by atoms with Gasteiger partial charge in [0, 0.05) is 15.9 Å². The minimum Gasteiger partial charge on any atom is -0.489 e. The molecule has 0 heterocycles. The van der Waals surface area contributed by atoms with Crippen LogP contribution in [-0.2, 0) is 11.9 Å². The van der Waals surface area contributed by atoms with Crippen molar-refractivity contribution in [1.82, 2.24) is 0 Å². The van der Waals surface area contributed by atoms with Gasteiger partial charge in [0.15, 0.2) is 0 Å². The van der Waals surface area contributed by atoms with Gasteiger partial charge in [-0.2, -0.15) is 0 Å². The predicted molar refractivity (Wildman–Crippen MR) is 84.2 cm³/mol. The molecule has 0 aromatic heterocycles. The Morgan fingerprint density at radius 2 is 1.85 bits per heavy atom. The van der Waals surface area contributed by atoms with E-state index in [1.54, 1.807) is 12.1 Å². The summed E-state index contributed by atoms with van der Waals surface area (Å²) in [5.41, 5.74) is 1.74. The van der Waals surface area contributed by atoms with Gasteiger partial charge >= 0.3 is 0 Å². The molecule has 20 heavy (non-hydrogen) atoms. The van der Waals surface area contributed by atoms with Gasteiger partial charge in [0.1, 0.15) is 12.4 Å². The summed E-state index contributed by atoms with van der Waals surface area (Å²) in [6.07, 6.45) is 0. The van der Waals surface area contributed by atoms with Gasteiger partial charge in [-0.15, -0.1) is 0 Å². The molecule has 4 nitrogen and oxygen atoms in total. The van der Waals surface area contributed by atoms with E-state index < -0.39 is 4.92 Å². The van der Waals surface area contributed by atoms with Gasteiger partial charge in [0.25, 0.3) is 5.69 Å². The molecule has 0 bridgehead atoms. The third-order valence-electron chi connectivity index (χ3n) is 2.72. The van der Waals surface area contributed by atoms with Gasteiger partial charge in [0.05, 0.1) is 10.5 Å². The quantitative estimate of drug-likeness (QED) is 0.410. The van der Waals surface area contributed by atoms with Crippen molar-refractivity contribution < 1.29 is 9.66 Å². The molecule has 0 aliphatic carbocycles. The maximum Gasteiger partial charge on any atom is 0.277 e. The number of hydrogen-bond donors (Lipinski definition) is 0. The highest BCUT2D eigenvalue weighted by atomic mass is 79.9. The number of rotatable bonds is 5. The highest BCUT2D eigenvalue weighted by Gasteiger charge is 2.14. The van der Waals surface area contributed by atoms with Gasteiger partial charge < -0.3 is 4.74 Å². The average Bonchev–Trinajstić information content (AvgIpc) is 2.46. The lowest BCUT2D eigenvalue weighted by Crippen LogP contribution is -2.00. The first kappa shape index (κ1) is 15.0. The Morgan fingerprint density at radius 1 is 1.15 bits per heavy atom. The molecule has 0 saturated carbocycles. The van der Waals surface area contributed by atoms with Crippen LogP contribution in [0.1, 0.15) is 11.1 Å². The Labute approximate surface area is 133 Å². The van der Waals surface area contributed by atoms with Crippen molar-refractivity contribution in [3.05, 3.63) is 68.2 Å². The van der Waals surface area contributed by atoms with Crippen molar-refractivity contribution in [2.75, 3.05) is 0 Å². The summed E-state index contributed by atoms with van der Waals surface area (Å²) in [6.45, 7) is 0.164. The number of nitro benzene ring substituents is 1. The monoisotopic (exact) mass is 399 g/mol. The van der Waals surface area contributed by atoms with Crippen LogP contribution >= 0.6 is 31.9 Å². The van der Waals surface area contributed by atoms with Crippen LogP contribution in [0.2, 0.25) is 0 Å². The van der Waals surface area contributed by atoms with E-state index in [1.165, 1.54) is 6.07 Å². The van der Waals surface area contributed by atoms with Crippen molar-refractivity contribution in [2.45, 2.75) is 11.9 Å². The van der Waals surface area contributed by atoms with Gasteiger partial charge in [-0.25, -0.2) is 0 Å². The Balaban J connectivity index is 2.12. The van der Waals surface area contributed by atoms with E-state index in [1.807, 2.05) is 24.3 Å². The largest absolute Gasteiger partial charge is 0.489 e. The number of halogens is 2. The normalized spacial score (nSPS) is 10.3. The van der Waals surface area contributed by atoms with Crippen LogP contribution < -0.4 is 4.74 Å². The van der Waals surface area contributed by atoms with Crippen molar-refractivity contribution in [3.8, 4) is 5.75 Å². The Morgan fingerprint density at radius 3 is 2.45 bits per heavy atom. The third-order valence-corrected chi connectivity index (χ3v) is 3.86.